The Hall–Kier alpha value is -1.37. The molecule has 0 saturated carbocycles. The highest BCUT2D eigenvalue weighted by molar-refractivity contribution is 5.93. The summed E-state index contributed by atoms with van der Waals surface area (Å²) in [5.74, 6) is 0.288. The van der Waals surface area contributed by atoms with E-state index >= 15 is 0 Å². The van der Waals surface area contributed by atoms with Crippen LogP contribution in [0.4, 0.5) is 11.5 Å². The maximum absolute atomic E-state index is 11.4. The van der Waals surface area contributed by atoms with E-state index in [0.29, 0.717) is 5.82 Å². The van der Waals surface area contributed by atoms with E-state index in [-0.39, 0.29) is 18.3 Å². The van der Waals surface area contributed by atoms with Crippen LogP contribution in [0.3, 0.4) is 0 Å². The number of aromatic nitrogens is 1. The summed E-state index contributed by atoms with van der Waals surface area (Å²) in [6.07, 6.45) is 1.75. The first-order chi connectivity index (χ1) is 8.66. The lowest BCUT2D eigenvalue weighted by atomic mass is 10.3. The van der Waals surface area contributed by atoms with Gasteiger partial charge in [0.1, 0.15) is 5.82 Å². The normalized spacial score (nSPS) is 16.4. The number of ether oxygens (including phenoxy) is 1. The molecule has 1 atom stereocenters. The molecule has 1 aromatic heterocycles. The molecule has 1 aromatic rings. The van der Waals surface area contributed by atoms with Gasteiger partial charge in [0, 0.05) is 13.1 Å². The van der Waals surface area contributed by atoms with Crippen LogP contribution in [0.25, 0.3) is 0 Å². The minimum absolute atomic E-state index is 0. The highest BCUT2D eigenvalue weighted by atomic mass is 35.5. The van der Waals surface area contributed by atoms with Gasteiger partial charge in [-0.1, -0.05) is 0 Å². The van der Waals surface area contributed by atoms with E-state index in [4.69, 9.17) is 10.5 Å². The fourth-order valence-corrected chi connectivity index (χ4v) is 1.71. The molecule has 6 nitrogen and oxygen atoms in total. The number of carbonyl (C=O) groups excluding carboxylic acids is 1. The summed E-state index contributed by atoms with van der Waals surface area (Å²) in [6.45, 7) is 4.85. The highest BCUT2D eigenvalue weighted by Gasteiger charge is 2.12. The second-order valence-electron chi connectivity index (χ2n) is 4.28. The van der Waals surface area contributed by atoms with Gasteiger partial charge in [-0.25, -0.2) is 4.98 Å². The van der Waals surface area contributed by atoms with Crippen molar-refractivity contribution in [3.63, 3.8) is 0 Å². The van der Waals surface area contributed by atoms with Crippen molar-refractivity contribution in [1.82, 2.24) is 4.98 Å². The molecule has 19 heavy (non-hydrogen) atoms. The zero-order chi connectivity index (χ0) is 13.0. The number of carbonyl (C=O) groups is 1. The summed E-state index contributed by atoms with van der Waals surface area (Å²) in [6, 6.07) is 3.19. The van der Waals surface area contributed by atoms with Crippen LogP contribution >= 0.6 is 12.4 Å². The average Bonchev–Trinajstić information content (AvgIpc) is 2.40. The molecular formula is C12H19ClN4O2. The molecule has 1 aliphatic heterocycles. The van der Waals surface area contributed by atoms with E-state index in [1.165, 1.54) is 0 Å². The number of pyridine rings is 1. The number of nitrogens with two attached hydrogens (primary N) is 1. The zero-order valence-corrected chi connectivity index (χ0v) is 11.7. The Balaban J connectivity index is 0.00000180. The smallest absolute Gasteiger partial charge is 0.242 e. The summed E-state index contributed by atoms with van der Waals surface area (Å²) >= 11 is 0. The molecule has 2 rings (SSSR count). The number of amides is 1. The summed E-state index contributed by atoms with van der Waals surface area (Å²) in [4.78, 5) is 17.8. The van der Waals surface area contributed by atoms with Crippen molar-refractivity contribution in [3.8, 4) is 0 Å². The summed E-state index contributed by atoms with van der Waals surface area (Å²) in [7, 11) is 0. The molecule has 0 aromatic carbocycles. The number of nitrogens with one attached hydrogen (secondary N) is 1. The minimum Gasteiger partial charge on any atom is -0.378 e. The summed E-state index contributed by atoms with van der Waals surface area (Å²) < 4.78 is 5.29. The summed E-state index contributed by atoms with van der Waals surface area (Å²) in [5, 5.41) is 2.65. The van der Waals surface area contributed by atoms with Crippen LogP contribution in [0.1, 0.15) is 6.92 Å². The lowest BCUT2D eigenvalue weighted by Crippen LogP contribution is -2.36. The van der Waals surface area contributed by atoms with Gasteiger partial charge in [-0.15, -0.1) is 12.4 Å². The molecule has 1 fully saturated rings. The van der Waals surface area contributed by atoms with E-state index in [2.05, 4.69) is 15.2 Å². The molecule has 106 valence electrons. The van der Waals surface area contributed by atoms with Gasteiger partial charge < -0.3 is 20.7 Å². The predicted octanol–water partition coefficient (Wildman–Crippen LogP) is 0.626. The second-order valence-corrected chi connectivity index (χ2v) is 4.28. The van der Waals surface area contributed by atoms with Crippen molar-refractivity contribution >= 4 is 29.8 Å². The molecule has 7 heteroatoms. The fourth-order valence-electron chi connectivity index (χ4n) is 1.71. The Bertz CT molecular complexity index is 405. The van der Waals surface area contributed by atoms with Gasteiger partial charge in [0.05, 0.1) is 31.1 Å². The number of rotatable bonds is 3. The molecule has 0 aliphatic carbocycles. The number of halogens is 1. The van der Waals surface area contributed by atoms with Crippen molar-refractivity contribution in [2.45, 2.75) is 13.0 Å². The average molecular weight is 287 g/mol. The van der Waals surface area contributed by atoms with Crippen LogP contribution in [-0.2, 0) is 9.53 Å². The van der Waals surface area contributed by atoms with Crippen molar-refractivity contribution in [2.75, 3.05) is 36.5 Å². The van der Waals surface area contributed by atoms with E-state index in [1.54, 1.807) is 19.2 Å². The highest BCUT2D eigenvalue weighted by Crippen LogP contribution is 2.16. The van der Waals surface area contributed by atoms with Crippen LogP contribution in [0.15, 0.2) is 18.3 Å². The molecule has 2 heterocycles. The van der Waals surface area contributed by atoms with Crippen LogP contribution in [0.5, 0.6) is 0 Å². The van der Waals surface area contributed by atoms with Gasteiger partial charge >= 0.3 is 0 Å². The molecular weight excluding hydrogens is 268 g/mol. The number of morpholine rings is 1. The van der Waals surface area contributed by atoms with E-state index < -0.39 is 6.04 Å². The standard InChI is InChI=1S/C12H18N4O2.ClH/c1-9(13)12(17)15-11-3-2-10(8-14-11)16-4-6-18-7-5-16;/h2-3,8-9H,4-7,13H2,1H3,(H,14,15,17);1H. The van der Waals surface area contributed by atoms with E-state index in [9.17, 15) is 4.79 Å². The molecule has 3 N–H and O–H groups in total. The maximum Gasteiger partial charge on any atom is 0.242 e. The van der Waals surface area contributed by atoms with Crippen molar-refractivity contribution in [2.24, 2.45) is 5.73 Å². The molecule has 0 spiro atoms. The molecule has 1 amide bonds. The maximum atomic E-state index is 11.4. The number of anilines is 2. The van der Waals surface area contributed by atoms with Crippen molar-refractivity contribution < 1.29 is 9.53 Å². The van der Waals surface area contributed by atoms with Gasteiger partial charge in [0.2, 0.25) is 5.91 Å². The largest absolute Gasteiger partial charge is 0.378 e. The Labute approximate surface area is 118 Å². The van der Waals surface area contributed by atoms with Crippen LogP contribution in [0.2, 0.25) is 0 Å². The van der Waals surface area contributed by atoms with Gasteiger partial charge in [0.25, 0.3) is 0 Å². The number of hydrogen-bond donors (Lipinski definition) is 2. The Morgan fingerprint density at radius 2 is 2.16 bits per heavy atom. The van der Waals surface area contributed by atoms with Gasteiger partial charge in [0.15, 0.2) is 0 Å². The van der Waals surface area contributed by atoms with Crippen LogP contribution < -0.4 is 16.0 Å². The zero-order valence-electron chi connectivity index (χ0n) is 10.8. The third kappa shape index (κ3) is 4.34. The molecule has 1 unspecified atom stereocenters. The summed E-state index contributed by atoms with van der Waals surface area (Å²) in [5.41, 5.74) is 6.51. The van der Waals surface area contributed by atoms with Crippen molar-refractivity contribution in [3.05, 3.63) is 18.3 Å². The SMILES string of the molecule is CC(N)C(=O)Nc1ccc(N2CCOCC2)cn1.Cl. The number of nitrogens with zero attached hydrogens (tertiary/aromatic N) is 2. The van der Waals surface area contributed by atoms with Crippen LogP contribution in [-0.4, -0.2) is 43.2 Å². The van der Waals surface area contributed by atoms with Crippen LogP contribution in [0, 0.1) is 0 Å². The lowest BCUT2D eigenvalue weighted by molar-refractivity contribution is -0.117. The molecule has 0 radical (unpaired) electrons. The topological polar surface area (TPSA) is 80.5 Å². The number of hydrogen-bond acceptors (Lipinski definition) is 5. The first-order valence-corrected chi connectivity index (χ1v) is 6.02. The lowest BCUT2D eigenvalue weighted by Gasteiger charge is -2.28. The Morgan fingerprint density at radius 1 is 1.47 bits per heavy atom. The minimum atomic E-state index is -0.536. The Morgan fingerprint density at radius 3 is 2.68 bits per heavy atom. The third-order valence-corrected chi connectivity index (χ3v) is 2.79. The second kappa shape index (κ2) is 7.28. The fraction of sp³-hybridized carbons (Fsp3) is 0.500. The first kappa shape index (κ1) is 15.7. The van der Waals surface area contributed by atoms with Crippen molar-refractivity contribution in [1.29, 1.82) is 0 Å². The Kier molecular flexibility index (Phi) is 6.01. The quantitative estimate of drug-likeness (QED) is 0.852. The van der Waals surface area contributed by atoms with E-state index in [1.807, 2.05) is 6.07 Å². The van der Waals surface area contributed by atoms with Gasteiger partial charge in [-0.2, -0.15) is 0 Å². The monoisotopic (exact) mass is 286 g/mol. The van der Waals surface area contributed by atoms with E-state index in [0.717, 1.165) is 32.0 Å². The predicted molar refractivity (Wildman–Crippen MR) is 76.8 cm³/mol. The third-order valence-electron chi connectivity index (χ3n) is 2.79. The van der Waals surface area contributed by atoms with Gasteiger partial charge in [-0.05, 0) is 19.1 Å². The molecule has 0 bridgehead atoms. The first-order valence-electron chi connectivity index (χ1n) is 6.02. The molecule has 1 saturated heterocycles. The molecule has 1 aliphatic rings. The van der Waals surface area contributed by atoms with Gasteiger partial charge in [-0.3, -0.25) is 4.79 Å².